The number of carbonyl (C=O) groups is 1. The number of nitrogens with two attached hydrogens (primary N) is 1. The topological polar surface area (TPSA) is 55.1 Å². The number of carbonyl (C=O) groups excluding carboxylic acids is 1. The largest absolute Gasteiger partial charge is 0.346 e. The summed E-state index contributed by atoms with van der Waals surface area (Å²) in [5.41, 5.74) is 5.58. The maximum Gasteiger partial charge on any atom is 0.251 e. The number of hydrogen-bond donors (Lipinski definition) is 2. The first-order valence-corrected chi connectivity index (χ1v) is 6.63. The molecule has 20 heavy (non-hydrogen) atoms. The first kappa shape index (κ1) is 19.2. The Kier molecular flexibility index (Phi) is 7.49. The second kappa shape index (κ2) is 7.81. The average molecular weight is 323 g/mol. The predicted octanol–water partition coefficient (Wildman–Crippen LogP) is 3.39. The molecule has 0 aliphatic carbocycles. The molecule has 0 saturated carbocycles. The van der Waals surface area contributed by atoms with Crippen molar-refractivity contribution in [2.24, 2.45) is 11.7 Å². The lowest BCUT2D eigenvalue weighted by atomic mass is 9.90. The summed E-state index contributed by atoms with van der Waals surface area (Å²) >= 11 is 5.67. The Balaban J connectivity index is 0.00000361. The molecule has 0 heterocycles. The van der Waals surface area contributed by atoms with E-state index in [1.165, 1.54) is 18.2 Å². The number of halogens is 3. The van der Waals surface area contributed by atoms with Crippen LogP contribution in [0.3, 0.4) is 0 Å². The molecular formula is C14H21Cl2FN2O. The highest BCUT2D eigenvalue weighted by Crippen LogP contribution is 2.19. The molecule has 1 rings (SSSR count). The Morgan fingerprint density at radius 3 is 2.55 bits per heavy atom. The van der Waals surface area contributed by atoms with Gasteiger partial charge >= 0.3 is 0 Å². The van der Waals surface area contributed by atoms with Gasteiger partial charge < -0.3 is 11.1 Å². The normalized spacial score (nSPS) is 13.6. The molecule has 1 unspecified atom stereocenters. The van der Waals surface area contributed by atoms with Gasteiger partial charge in [0.05, 0.1) is 5.02 Å². The van der Waals surface area contributed by atoms with E-state index in [-0.39, 0.29) is 23.3 Å². The van der Waals surface area contributed by atoms with E-state index in [1.807, 2.05) is 6.92 Å². The van der Waals surface area contributed by atoms with Crippen LogP contribution in [0, 0.1) is 11.7 Å². The van der Waals surface area contributed by atoms with Crippen molar-refractivity contribution in [2.75, 3.05) is 6.54 Å². The minimum atomic E-state index is -0.540. The smallest absolute Gasteiger partial charge is 0.251 e. The van der Waals surface area contributed by atoms with E-state index in [2.05, 4.69) is 19.2 Å². The monoisotopic (exact) mass is 322 g/mol. The fourth-order valence-electron chi connectivity index (χ4n) is 2.07. The zero-order valence-corrected chi connectivity index (χ0v) is 13.4. The number of hydrogen-bond acceptors (Lipinski definition) is 2. The van der Waals surface area contributed by atoms with Crippen LogP contribution in [0.5, 0.6) is 0 Å². The quantitative estimate of drug-likeness (QED) is 0.873. The van der Waals surface area contributed by atoms with Crippen LogP contribution in [-0.2, 0) is 0 Å². The zero-order valence-electron chi connectivity index (χ0n) is 11.9. The Hall–Kier alpha value is -0.840. The molecule has 3 nitrogen and oxygen atoms in total. The Bertz CT molecular complexity index is 468. The molecule has 0 aliphatic heterocycles. The molecule has 0 aliphatic rings. The van der Waals surface area contributed by atoms with E-state index in [4.69, 9.17) is 17.3 Å². The van der Waals surface area contributed by atoms with Gasteiger partial charge in [0.2, 0.25) is 0 Å². The fraction of sp³-hybridized carbons (Fsp3) is 0.500. The lowest BCUT2D eigenvalue weighted by molar-refractivity contribution is 0.0898. The van der Waals surface area contributed by atoms with Crippen LogP contribution >= 0.6 is 24.0 Å². The molecule has 0 aromatic heterocycles. The summed E-state index contributed by atoms with van der Waals surface area (Å²) in [6.45, 7) is 6.37. The molecule has 0 spiro atoms. The maximum absolute atomic E-state index is 13.1. The molecule has 1 amide bonds. The molecule has 0 bridgehead atoms. The van der Waals surface area contributed by atoms with Crippen molar-refractivity contribution in [3.8, 4) is 0 Å². The third-order valence-electron chi connectivity index (χ3n) is 2.91. The second-order valence-electron chi connectivity index (χ2n) is 5.45. The van der Waals surface area contributed by atoms with Crippen molar-refractivity contribution in [3.63, 3.8) is 0 Å². The molecule has 3 N–H and O–H groups in total. The summed E-state index contributed by atoms with van der Waals surface area (Å²) < 4.78 is 13.1. The van der Waals surface area contributed by atoms with Crippen LogP contribution in [-0.4, -0.2) is 18.0 Å². The standard InChI is InChI=1S/C14H20ClFN2O.ClH/c1-9(2)7-14(3,8-17)18-13(19)10-4-5-12(16)11(15)6-10;/h4-6,9H,7-8,17H2,1-3H3,(H,18,19);1H. The lowest BCUT2D eigenvalue weighted by Crippen LogP contribution is -2.52. The van der Waals surface area contributed by atoms with Crippen LogP contribution in [0.4, 0.5) is 4.39 Å². The molecule has 1 aromatic rings. The molecule has 1 atom stereocenters. The van der Waals surface area contributed by atoms with E-state index >= 15 is 0 Å². The van der Waals surface area contributed by atoms with Gasteiger partial charge in [0.15, 0.2) is 0 Å². The van der Waals surface area contributed by atoms with E-state index in [0.29, 0.717) is 18.0 Å². The van der Waals surface area contributed by atoms with Gasteiger partial charge in [-0.15, -0.1) is 12.4 Å². The predicted molar refractivity (Wildman–Crippen MR) is 83.0 cm³/mol. The molecular weight excluding hydrogens is 302 g/mol. The first-order chi connectivity index (χ1) is 8.77. The summed E-state index contributed by atoms with van der Waals surface area (Å²) in [5.74, 6) is -0.428. The number of nitrogens with one attached hydrogen (secondary N) is 1. The summed E-state index contributed by atoms with van der Waals surface area (Å²) in [5, 5.41) is 2.83. The van der Waals surface area contributed by atoms with Crippen LogP contribution in [0.15, 0.2) is 18.2 Å². The van der Waals surface area contributed by atoms with Crippen LogP contribution in [0.1, 0.15) is 37.6 Å². The number of amides is 1. The van der Waals surface area contributed by atoms with Gasteiger partial charge in [-0.05, 0) is 37.5 Å². The summed E-state index contributed by atoms with van der Waals surface area (Å²) in [7, 11) is 0. The van der Waals surface area contributed by atoms with Crippen molar-refractivity contribution in [3.05, 3.63) is 34.6 Å². The van der Waals surface area contributed by atoms with Gasteiger partial charge in [0.1, 0.15) is 5.82 Å². The zero-order chi connectivity index (χ0) is 14.6. The Morgan fingerprint density at radius 2 is 2.10 bits per heavy atom. The lowest BCUT2D eigenvalue weighted by Gasteiger charge is -2.31. The maximum atomic E-state index is 13.1. The Labute approximate surface area is 130 Å². The van der Waals surface area contributed by atoms with Crippen molar-refractivity contribution < 1.29 is 9.18 Å². The molecule has 1 aromatic carbocycles. The number of benzene rings is 1. The molecule has 0 fully saturated rings. The van der Waals surface area contributed by atoms with Gasteiger partial charge in [-0.1, -0.05) is 25.4 Å². The van der Waals surface area contributed by atoms with Crippen LogP contribution in [0.2, 0.25) is 5.02 Å². The third-order valence-corrected chi connectivity index (χ3v) is 3.20. The number of rotatable bonds is 5. The van der Waals surface area contributed by atoms with E-state index < -0.39 is 11.4 Å². The van der Waals surface area contributed by atoms with E-state index in [9.17, 15) is 9.18 Å². The van der Waals surface area contributed by atoms with Crippen LogP contribution < -0.4 is 11.1 Å². The first-order valence-electron chi connectivity index (χ1n) is 6.25. The van der Waals surface area contributed by atoms with E-state index in [0.717, 1.165) is 6.42 Å². The highest BCUT2D eigenvalue weighted by Gasteiger charge is 2.26. The van der Waals surface area contributed by atoms with Gasteiger partial charge in [0.25, 0.3) is 5.91 Å². The van der Waals surface area contributed by atoms with Gasteiger partial charge in [-0.3, -0.25) is 4.79 Å². The summed E-state index contributed by atoms with van der Waals surface area (Å²) in [6, 6.07) is 3.90. The highest BCUT2D eigenvalue weighted by molar-refractivity contribution is 6.31. The Morgan fingerprint density at radius 1 is 1.50 bits per heavy atom. The highest BCUT2D eigenvalue weighted by atomic mass is 35.5. The third kappa shape index (κ3) is 5.27. The minimum absolute atomic E-state index is 0. The molecule has 6 heteroatoms. The minimum Gasteiger partial charge on any atom is -0.346 e. The van der Waals surface area contributed by atoms with Crippen molar-refractivity contribution in [1.29, 1.82) is 0 Å². The van der Waals surface area contributed by atoms with Crippen LogP contribution in [0.25, 0.3) is 0 Å². The SMILES string of the molecule is CC(C)CC(C)(CN)NC(=O)c1ccc(F)c(Cl)c1.Cl. The van der Waals surface area contributed by atoms with Gasteiger partial charge in [-0.25, -0.2) is 4.39 Å². The van der Waals surface area contributed by atoms with Gasteiger partial charge in [0, 0.05) is 17.6 Å². The van der Waals surface area contributed by atoms with Crippen molar-refractivity contribution >= 4 is 29.9 Å². The average Bonchev–Trinajstić information content (AvgIpc) is 2.31. The molecule has 0 radical (unpaired) electrons. The van der Waals surface area contributed by atoms with E-state index in [1.54, 1.807) is 0 Å². The molecule has 114 valence electrons. The summed E-state index contributed by atoms with van der Waals surface area (Å²) in [6.07, 6.45) is 0.768. The van der Waals surface area contributed by atoms with Crippen molar-refractivity contribution in [1.82, 2.24) is 5.32 Å². The molecule has 0 saturated heterocycles. The van der Waals surface area contributed by atoms with Gasteiger partial charge in [-0.2, -0.15) is 0 Å². The van der Waals surface area contributed by atoms with Crippen molar-refractivity contribution in [2.45, 2.75) is 32.7 Å². The second-order valence-corrected chi connectivity index (χ2v) is 5.85. The fourth-order valence-corrected chi connectivity index (χ4v) is 2.25. The summed E-state index contributed by atoms with van der Waals surface area (Å²) in [4.78, 5) is 12.1.